The van der Waals surface area contributed by atoms with Gasteiger partial charge in [0.15, 0.2) is 0 Å². The first kappa shape index (κ1) is 40.3. The summed E-state index contributed by atoms with van der Waals surface area (Å²) in [6.07, 6.45) is 32.8. The number of rotatable bonds is 22. The minimum atomic E-state index is -0.560. The molecule has 12 saturated carbocycles. The Balaban J connectivity index is 0.900. The molecule has 0 atom stereocenters. The van der Waals surface area contributed by atoms with Gasteiger partial charge < -0.3 is 18.9 Å². The van der Waals surface area contributed by atoms with Crippen LogP contribution in [0.3, 0.4) is 0 Å². The van der Waals surface area contributed by atoms with Crippen LogP contribution < -0.4 is 0 Å². The zero-order chi connectivity index (χ0) is 38.4. The van der Waals surface area contributed by atoms with E-state index in [0.29, 0.717) is 55.1 Å². The van der Waals surface area contributed by atoms with Crippen molar-refractivity contribution >= 4 is 11.9 Å². The van der Waals surface area contributed by atoms with Gasteiger partial charge in [-0.05, 0) is 151 Å². The molecule has 0 radical (unpaired) electrons. The molecule has 0 aromatic heterocycles. The lowest BCUT2D eigenvalue weighted by Crippen LogP contribution is -2.66. The lowest BCUT2D eigenvalue weighted by molar-refractivity contribution is -0.253. The minimum absolute atomic E-state index is 0.0334. The molecule has 12 aliphatic carbocycles. The number of esters is 2. The van der Waals surface area contributed by atoms with Gasteiger partial charge in [0.25, 0.3) is 0 Å². The number of hydrogen-bond donors (Lipinski definition) is 0. The second-order valence-corrected chi connectivity index (χ2v) is 22.5. The average molecular weight is 777 g/mol. The summed E-state index contributed by atoms with van der Waals surface area (Å²) in [7, 11) is 0. The molecular formula is C50H80O6. The first-order chi connectivity index (χ1) is 27.3. The van der Waals surface area contributed by atoms with Gasteiger partial charge in [-0.15, -0.1) is 0 Å². The first-order valence-electron chi connectivity index (χ1n) is 24.9. The van der Waals surface area contributed by atoms with Crippen LogP contribution >= 0.6 is 0 Å². The summed E-state index contributed by atoms with van der Waals surface area (Å²) in [4.78, 5) is 30.4. The molecule has 0 heterocycles. The molecule has 6 heteroatoms. The Morgan fingerprint density at radius 2 is 0.750 bits per heavy atom. The van der Waals surface area contributed by atoms with Gasteiger partial charge in [0, 0.05) is 36.9 Å². The van der Waals surface area contributed by atoms with Crippen LogP contribution in [0.15, 0.2) is 0 Å². The van der Waals surface area contributed by atoms with Crippen molar-refractivity contribution in [3.63, 3.8) is 0 Å². The summed E-state index contributed by atoms with van der Waals surface area (Å²) in [5.41, 5.74) is -2.09. The van der Waals surface area contributed by atoms with Crippen molar-refractivity contribution in [2.75, 3.05) is 26.4 Å². The third-order valence-electron chi connectivity index (χ3n) is 18.5. The van der Waals surface area contributed by atoms with E-state index < -0.39 is 22.0 Å². The van der Waals surface area contributed by atoms with Crippen LogP contribution in [0.4, 0.5) is 0 Å². The molecule has 0 amide bonds. The Hall–Kier alpha value is -1.14. The van der Waals surface area contributed by atoms with Crippen molar-refractivity contribution in [2.45, 2.75) is 205 Å². The topological polar surface area (TPSA) is 71.1 Å². The van der Waals surface area contributed by atoms with Crippen molar-refractivity contribution in [3.8, 4) is 0 Å². The second-order valence-electron chi connectivity index (χ2n) is 22.5. The predicted molar refractivity (Wildman–Crippen MR) is 220 cm³/mol. The Kier molecular flexibility index (Phi) is 12.0. The SMILES string of the molecule is CCCCCCCCOCC1(OC(=O)C23CC4CC(C2)CC(C(=O)OC2(COCCCCCCCC)C5CC6CC(C5)CC2C6)(C4)C3)C2CC3CC(C2)CC1C3. The summed E-state index contributed by atoms with van der Waals surface area (Å²) in [5.74, 6) is 5.78. The largest absolute Gasteiger partial charge is 0.456 e. The smallest absolute Gasteiger partial charge is 0.312 e. The van der Waals surface area contributed by atoms with Crippen molar-refractivity contribution in [2.24, 2.45) is 70.0 Å². The number of carbonyl (C=O) groups is 2. The highest BCUT2D eigenvalue weighted by Crippen LogP contribution is 2.68. The average Bonchev–Trinajstić information content (AvgIpc) is 3.16. The summed E-state index contributed by atoms with van der Waals surface area (Å²) in [5, 5.41) is 0. The van der Waals surface area contributed by atoms with Crippen molar-refractivity contribution in [3.05, 3.63) is 0 Å². The monoisotopic (exact) mass is 777 g/mol. The minimum Gasteiger partial charge on any atom is -0.456 e. The van der Waals surface area contributed by atoms with Crippen LogP contribution in [0.2, 0.25) is 0 Å². The Bertz CT molecular complexity index is 1200. The van der Waals surface area contributed by atoms with E-state index in [1.807, 2.05) is 0 Å². The van der Waals surface area contributed by atoms with Crippen LogP contribution in [0.5, 0.6) is 0 Å². The van der Waals surface area contributed by atoms with Crippen molar-refractivity contribution in [1.29, 1.82) is 0 Å². The quantitative estimate of drug-likeness (QED) is 0.0805. The molecule has 0 N–H and O–H groups in total. The van der Waals surface area contributed by atoms with Gasteiger partial charge in [-0.2, -0.15) is 0 Å². The van der Waals surface area contributed by atoms with Gasteiger partial charge in [-0.1, -0.05) is 78.1 Å². The fraction of sp³-hybridized carbons (Fsp3) is 0.960. The second kappa shape index (κ2) is 16.7. The Morgan fingerprint density at radius 1 is 0.429 bits per heavy atom. The molecule has 0 aliphatic heterocycles. The third kappa shape index (κ3) is 7.59. The number of unbranched alkanes of at least 4 members (excludes halogenated alkanes) is 10. The maximum absolute atomic E-state index is 15.2. The number of ether oxygens (including phenoxy) is 4. The third-order valence-corrected chi connectivity index (χ3v) is 18.5. The molecule has 12 bridgehead atoms. The molecule has 12 aliphatic rings. The molecule has 6 nitrogen and oxygen atoms in total. The molecule has 0 spiro atoms. The molecule has 12 rings (SSSR count). The van der Waals surface area contributed by atoms with Gasteiger partial charge >= 0.3 is 11.9 Å². The zero-order valence-corrected chi connectivity index (χ0v) is 35.9. The normalized spacial score (nSPS) is 44.8. The van der Waals surface area contributed by atoms with Crippen LogP contribution in [0.25, 0.3) is 0 Å². The van der Waals surface area contributed by atoms with E-state index in [4.69, 9.17) is 18.9 Å². The maximum Gasteiger partial charge on any atom is 0.312 e. The van der Waals surface area contributed by atoms with Crippen LogP contribution in [-0.4, -0.2) is 49.6 Å². The van der Waals surface area contributed by atoms with Crippen LogP contribution in [0, 0.1) is 70.0 Å². The molecule has 0 aromatic carbocycles. The molecule has 0 unspecified atom stereocenters. The predicted octanol–water partition coefficient (Wildman–Crippen LogP) is 11.8. The van der Waals surface area contributed by atoms with E-state index in [9.17, 15) is 0 Å². The summed E-state index contributed by atoms with van der Waals surface area (Å²) in [6.45, 7) is 7.24. The highest BCUT2D eigenvalue weighted by atomic mass is 16.6. The first-order valence-corrected chi connectivity index (χ1v) is 24.9. The molecule has 56 heavy (non-hydrogen) atoms. The Morgan fingerprint density at radius 3 is 1.11 bits per heavy atom. The molecular weight excluding hydrogens is 697 g/mol. The zero-order valence-electron chi connectivity index (χ0n) is 35.9. The van der Waals surface area contributed by atoms with Gasteiger partial charge in [0.2, 0.25) is 0 Å². The molecule has 0 aromatic rings. The van der Waals surface area contributed by atoms with Gasteiger partial charge in [0.05, 0.1) is 24.0 Å². The standard InChI is InChI=1S/C50H80O6/c1-3-5-7-9-11-13-15-53-33-49(41-20-35-17-36(22-41)23-42(49)21-35)55-45(51)47-28-39-19-40(29-47)31-48(30-39,32-47)46(52)56-50(34-54-16-14-12-10-8-6-4-2)43-24-37-18-38(26-43)27-44(50)25-37/h35-44H,3-34H2,1-2H3. The summed E-state index contributed by atoms with van der Waals surface area (Å²) < 4.78 is 27.6. The fourth-order valence-corrected chi connectivity index (χ4v) is 16.6. The summed E-state index contributed by atoms with van der Waals surface area (Å²) in [6, 6.07) is 0. The van der Waals surface area contributed by atoms with Gasteiger partial charge in [0.1, 0.15) is 11.2 Å². The van der Waals surface area contributed by atoms with E-state index in [2.05, 4.69) is 13.8 Å². The van der Waals surface area contributed by atoms with E-state index in [1.165, 1.54) is 128 Å². The maximum atomic E-state index is 15.2. The van der Waals surface area contributed by atoms with E-state index in [-0.39, 0.29) is 11.9 Å². The van der Waals surface area contributed by atoms with Crippen LogP contribution in [-0.2, 0) is 28.5 Å². The number of carbonyl (C=O) groups excluding carboxylic acids is 2. The van der Waals surface area contributed by atoms with E-state index in [0.717, 1.165) is 81.8 Å². The lowest BCUT2D eigenvalue weighted by atomic mass is 9.44. The Labute approximate surface area is 340 Å². The highest BCUT2D eigenvalue weighted by Gasteiger charge is 2.68. The van der Waals surface area contributed by atoms with Crippen molar-refractivity contribution < 1.29 is 28.5 Å². The van der Waals surface area contributed by atoms with Crippen LogP contribution in [0.1, 0.15) is 194 Å². The molecule has 0 saturated heterocycles. The van der Waals surface area contributed by atoms with Gasteiger partial charge in [-0.25, -0.2) is 0 Å². The van der Waals surface area contributed by atoms with E-state index in [1.54, 1.807) is 0 Å². The molecule has 12 fully saturated rings. The van der Waals surface area contributed by atoms with Crippen molar-refractivity contribution in [1.82, 2.24) is 0 Å². The lowest BCUT2D eigenvalue weighted by Gasteiger charge is -2.63. The molecule has 316 valence electrons. The highest BCUT2D eigenvalue weighted by molar-refractivity contribution is 5.83. The van der Waals surface area contributed by atoms with Gasteiger partial charge in [-0.3, -0.25) is 9.59 Å². The fourth-order valence-electron chi connectivity index (χ4n) is 16.6. The summed E-state index contributed by atoms with van der Waals surface area (Å²) >= 11 is 0. The van der Waals surface area contributed by atoms with E-state index >= 15 is 9.59 Å². The number of hydrogen-bond acceptors (Lipinski definition) is 6.